The number of ether oxygens (including phenoxy) is 1. The summed E-state index contributed by atoms with van der Waals surface area (Å²) in [5.74, 6) is -1.38. The molecule has 3 aromatic rings. The van der Waals surface area contributed by atoms with Crippen LogP contribution >= 0.6 is 0 Å². The van der Waals surface area contributed by atoms with Crippen LogP contribution in [0, 0.1) is 11.6 Å². The zero-order chi connectivity index (χ0) is 30.4. The number of alkyl halides is 3. The fraction of sp³-hybridized carbons (Fsp3) is 0.514. The molecular formula is C35H44F5NO. The molecule has 0 atom stereocenters. The summed E-state index contributed by atoms with van der Waals surface area (Å²) >= 11 is 0. The summed E-state index contributed by atoms with van der Waals surface area (Å²) in [5.41, 5.74) is -0.692. The predicted octanol–water partition coefficient (Wildman–Crippen LogP) is 11.7. The number of halogens is 5. The highest BCUT2D eigenvalue weighted by Gasteiger charge is 2.37. The van der Waals surface area contributed by atoms with Crippen molar-refractivity contribution < 1.29 is 26.7 Å². The van der Waals surface area contributed by atoms with Crippen LogP contribution in [0.1, 0.15) is 108 Å². The molecule has 0 bridgehead atoms. The van der Waals surface area contributed by atoms with Gasteiger partial charge in [-0.2, -0.15) is 13.2 Å². The second-order valence-electron chi connectivity index (χ2n) is 11.0. The molecule has 2 nitrogen and oxygen atoms in total. The number of aromatic nitrogens is 1. The smallest absolute Gasteiger partial charge is 0.419 e. The summed E-state index contributed by atoms with van der Waals surface area (Å²) in [4.78, 5) is 4.24. The molecule has 0 N–H and O–H groups in total. The first kappa shape index (κ1) is 33.5. The lowest BCUT2D eigenvalue weighted by molar-refractivity contribution is -0.140. The quantitative estimate of drug-likeness (QED) is 0.109. The molecule has 0 aliphatic carbocycles. The van der Waals surface area contributed by atoms with Gasteiger partial charge in [0, 0.05) is 29.0 Å². The number of benzene rings is 2. The summed E-state index contributed by atoms with van der Waals surface area (Å²) in [6.45, 7) is 4.81. The number of hydrogen-bond acceptors (Lipinski definition) is 2. The summed E-state index contributed by atoms with van der Waals surface area (Å²) in [5, 5.41) is 0. The van der Waals surface area contributed by atoms with E-state index in [1.54, 1.807) is 12.1 Å². The Bertz CT molecular complexity index is 1220. The number of aryl methyl sites for hydroxylation is 1. The molecule has 0 spiro atoms. The zero-order valence-corrected chi connectivity index (χ0v) is 25.0. The van der Waals surface area contributed by atoms with Gasteiger partial charge in [0.2, 0.25) is 0 Å². The Kier molecular flexibility index (Phi) is 13.8. The highest BCUT2D eigenvalue weighted by Crippen LogP contribution is 2.39. The Labute approximate surface area is 247 Å². The second-order valence-corrected chi connectivity index (χ2v) is 11.0. The molecule has 0 unspecified atom stereocenters. The topological polar surface area (TPSA) is 22.1 Å². The molecule has 0 aliphatic rings. The Morgan fingerprint density at radius 2 is 1.31 bits per heavy atom. The maximum Gasteiger partial charge on any atom is 0.419 e. The SMILES string of the molecule is CCCCCCCCCOc1ccc(-c2ccc(-c3ccc(CCCCCCCC)c(C(F)(F)F)c3F)cn2)c(F)c1. The molecule has 230 valence electrons. The molecule has 0 saturated heterocycles. The Morgan fingerprint density at radius 3 is 1.90 bits per heavy atom. The van der Waals surface area contributed by atoms with Crippen LogP contribution in [0.2, 0.25) is 0 Å². The van der Waals surface area contributed by atoms with E-state index < -0.39 is 23.4 Å². The minimum Gasteiger partial charge on any atom is -0.493 e. The Hall–Kier alpha value is -2.96. The van der Waals surface area contributed by atoms with Crippen molar-refractivity contribution in [1.29, 1.82) is 0 Å². The fourth-order valence-electron chi connectivity index (χ4n) is 5.20. The van der Waals surface area contributed by atoms with Crippen molar-refractivity contribution in [3.05, 3.63) is 71.4 Å². The van der Waals surface area contributed by atoms with Gasteiger partial charge in [-0.15, -0.1) is 0 Å². The number of hydrogen-bond donors (Lipinski definition) is 0. The second kappa shape index (κ2) is 17.2. The number of rotatable bonds is 18. The van der Waals surface area contributed by atoms with Crippen LogP contribution in [0.3, 0.4) is 0 Å². The van der Waals surface area contributed by atoms with Crippen molar-refractivity contribution in [2.75, 3.05) is 6.61 Å². The van der Waals surface area contributed by atoms with E-state index in [1.165, 1.54) is 68.6 Å². The van der Waals surface area contributed by atoms with E-state index in [1.807, 2.05) is 0 Å². The number of pyridine rings is 1. The van der Waals surface area contributed by atoms with Crippen molar-refractivity contribution in [3.8, 4) is 28.1 Å². The molecule has 1 aromatic heterocycles. The first-order chi connectivity index (χ1) is 20.3. The molecule has 0 saturated carbocycles. The van der Waals surface area contributed by atoms with Gasteiger partial charge in [0.05, 0.1) is 17.9 Å². The molecule has 0 amide bonds. The average molecular weight is 590 g/mol. The van der Waals surface area contributed by atoms with Gasteiger partial charge < -0.3 is 4.74 Å². The van der Waals surface area contributed by atoms with Crippen molar-refractivity contribution >= 4 is 0 Å². The van der Waals surface area contributed by atoms with E-state index in [0.717, 1.165) is 44.9 Å². The monoisotopic (exact) mass is 589 g/mol. The first-order valence-electron chi connectivity index (χ1n) is 15.5. The van der Waals surface area contributed by atoms with E-state index >= 15 is 4.39 Å². The van der Waals surface area contributed by atoms with E-state index in [2.05, 4.69) is 18.8 Å². The number of nitrogens with zero attached hydrogens (tertiary/aromatic N) is 1. The summed E-state index contributed by atoms with van der Waals surface area (Å²) < 4.78 is 77.6. The lowest BCUT2D eigenvalue weighted by atomic mass is 9.94. The van der Waals surface area contributed by atoms with Crippen LogP contribution in [0.5, 0.6) is 5.75 Å². The summed E-state index contributed by atoms with van der Waals surface area (Å²) in [6, 6.07) is 10.3. The largest absolute Gasteiger partial charge is 0.493 e. The molecule has 0 aliphatic heterocycles. The zero-order valence-electron chi connectivity index (χ0n) is 25.0. The summed E-state index contributed by atoms with van der Waals surface area (Å²) in [6.07, 6.45) is 10.4. The first-order valence-corrected chi connectivity index (χ1v) is 15.5. The molecule has 0 radical (unpaired) electrons. The maximum atomic E-state index is 15.3. The van der Waals surface area contributed by atoms with Crippen LogP contribution in [-0.2, 0) is 12.6 Å². The van der Waals surface area contributed by atoms with Gasteiger partial charge in [0.1, 0.15) is 17.4 Å². The highest BCUT2D eigenvalue weighted by atomic mass is 19.4. The van der Waals surface area contributed by atoms with Crippen LogP contribution in [0.25, 0.3) is 22.4 Å². The summed E-state index contributed by atoms with van der Waals surface area (Å²) in [7, 11) is 0. The molecular weight excluding hydrogens is 545 g/mol. The average Bonchev–Trinajstić information content (AvgIpc) is 2.96. The highest BCUT2D eigenvalue weighted by molar-refractivity contribution is 5.69. The van der Waals surface area contributed by atoms with Crippen molar-refractivity contribution in [2.24, 2.45) is 0 Å². The van der Waals surface area contributed by atoms with Gasteiger partial charge in [0.25, 0.3) is 0 Å². The Balaban J connectivity index is 1.65. The molecule has 7 heteroatoms. The lowest BCUT2D eigenvalue weighted by Gasteiger charge is -2.17. The van der Waals surface area contributed by atoms with Gasteiger partial charge in [-0.1, -0.05) is 103 Å². The van der Waals surface area contributed by atoms with Gasteiger partial charge in [-0.25, -0.2) is 8.78 Å². The van der Waals surface area contributed by atoms with E-state index in [-0.39, 0.29) is 28.7 Å². The van der Waals surface area contributed by atoms with Crippen molar-refractivity contribution in [3.63, 3.8) is 0 Å². The minimum atomic E-state index is -4.81. The molecule has 1 heterocycles. The molecule has 0 fully saturated rings. The molecule has 42 heavy (non-hydrogen) atoms. The van der Waals surface area contributed by atoms with Crippen molar-refractivity contribution in [1.82, 2.24) is 4.98 Å². The van der Waals surface area contributed by atoms with Gasteiger partial charge >= 0.3 is 6.18 Å². The minimum absolute atomic E-state index is 0.0276. The third kappa shape index (κ3) is 10.1. The van der Waals surface area contributed by atoms with Gasteiger partial charge in [-0.05, 0) is 43.0 Å². The van der Waals surface area contributed by atoms with Crippen LogP contribution < -0.4 is 4.74 Å². The van der Waals surface area contributed by atoms with Crippen LogP contribution in [-0.4, -0.2) is 11.6 Å². The third-order valence-electron chi connectivity index (χ3n) is 7.62. The van der Waals surface area contributed by atoms with Crippen LogP contribution in [0.15, 0.2) is 48.7 Å². The molecule has 2 aromatic carbocycles. The fourth-order valence-corrected chi connectivity index (χ4v) is 5.20. The lowest BCUT2D eigenvalue weighted by Crippen LogP contribution is -2.13. The van der Waals surface area contributed by atoms with Gasteiger partial charge in [0.15, 0.2) is 0 Å². The van der Waals surface area contributed by atoms with E-state index in [0.29, 0.717) is 24.5 Å². The normalized spacial score (nSPS) is 11.7. The third-order valence-corrected chi connectivity index (χ3v) is 7.62. The predicted molar refractivity (Wildman–Crippen MR) is 161 cm³/mol. The van der Waals surface area contributed by atoms with E-state index in [9.17, 15) is 17.6 Å². The van der Waals surface area contributed by atoms with Gasteiger partial charge in [-0.3, -0.25) is 4.98 Å². The maximum absolute atomic E-state index is 15.3. The standard InChI is InChI=1S/C35H44F5NO/c1-3-5-7-9-11-13-15-23-42-28-19-21-30(31(36)24-28)32-22-18-27(25-41-32)29-20-17-26(16-14-12-10-8-6-4-2)33(34(29)37)35(38,39)40/h17-22,24-25H,3-16,23H2,1-2H3. The Morgan fingerprint density at radius 1 is 0.690 bits per heavy atom. The van der Waals surface area contributed by atoms with E-state index in [4.69, 9.17) is 4.74 Å². The van der Waals surface area contributed by atoms with Crippen molar-refractivity contribution in [2.45, 2.75) is 110 Å². The molecule has 3 rings (SSSR count). The van der Waals surface area contributed by atoms with Crippen LogP contribution in [0.4, 0.5) is 22.0 Å². The number of unbranched alkanes of at least 4 members (excludes halogenated alkanes) is 11.